The van der Waals surface area contributed by atoms with Crippen LogP contribution in [0.5, 0.6) is 0 Å². The number of rotatable bonds is 3. The summed E-state index contributed by atoms with van der Waals surface area (Å²) in [7, 11) is 0. The number of amides is 1. The Morgan fingerprint density at radius 2 is 1.96 bits per heavy atom. The third kappa shape index (κ3) is 4.81. The van der Waals surface area contributed by atoms with Crippen LogP contribution in [0.3, 0.4) is 0 Å². The molecule has 2 aromatic rings. The van der Waals surface area contributed by atoms with E-state index in [0.29, 0.717) is 18.9 Å². The SMILES string of the molecule is CC(C)(C)OC(=O)N1CCCCC1CNc1cnc2cc(F)c(F)cc2n1. The smallest absolute Gasteiger partial charge is 0.410 e. The Morgan fingerprint density at radius 3 is 2.67 bits per heavy atom. The molecule has 6 nitrogen and oxygen atoms in total. The minimum atomic E-state index is -0.961. The lowest BCUT2D eigenvalue weighted by Crippen LogP contribution is -2.48. The average molecular weight is 378 g/mol. The topological polar surface area (TPSA) is 67.3 Å². The Balaban J connectivity index is 1.69. The highest BCUT2D eigenvalue weighted by atomic mass is 19.2. The van der Waals surface area contributed by atoms with Crippen LogP contribution in [-0.2, 0) is 4.74 Å². The number of halogens is 2. The lowest BCUT2D eigenvalue weighted by Gasteiger charge is -2.36. The summed E-state index contributed by atoms with van der Waals surface area (Å²) in [6.45, 7) is 6.65. The molecule has 1 fully saturated rings. The van der Waals surface area contributed by atoms with Crippen molar-refractivity contribution in [1.82, 2.24) is 14.9 Å². The van der Waals surface area contributed by atoms with Crippen molar-refractivity contribution >= 4 is 22.9 Å². The number of hydrogen-bond acceptors (Lipinski definition) is 5. The summed E-state index contributed by atoms with van der Waals surface area (Å²) < 4.78 is 32.2. The molecule has 1 saturated heterocycles. The highest BCUT2D eigenvalue weighted by molar-refractivity contribution is 5.75. The molecule has 1 amide bonds. The number of nitrogens with zero attached hydrogens (tertiary/aromatic N) is 3. The molecule has 8 heteroatoms. The number of hydrogen-bond donors (Lipinski definition) is 1. The number of ether oxygens (including phenoxy) is 1. The molecule has 1 aliphatic rings. The Hall–Kier alpha value is -2.51. The van der Waals surface area contributed by atoms with Crippen molar-refractivity contribution in [2.45, 2.75) is 51.7 Å². The fourth-order valence-electron chi connectivity index (χ4n) is 3.09. The highest BCUT2D eigenvalue weighted by Crippen LogP contribution is 2.21. The summed E-state index contributed by atoms with van der Waals surface area (Å²) in [5.74, 6) is -1.46. The van der Waals surface area contributed by atoms with Gasteiger partial charge in [-0.3, -0.25) is 4.98 Å². The summed E-state index contributed by atoms with van der Waals surface area (Å²) in [6.07, 6.45) is 3.97. The van der Waals surface area contributed by atoms with Gasteiger partial charge in [0, 0.05) is 25.2 Å². The number of aromatic nitrogens is 2. The number of likely N-dealkylation sites (tertiary alicyclic amines) is 1. The maximum absolute atomic E-state index is 13.4. The van der Waals surface area contributed by atoms with Gasteiger partial charge >= 0.3 is 6.09 Å². The monoisotopic (exact) mass is 378 g/mol. The van der Waals surface area contributed by atoms with Gasteiger partial charge in [-0.2, -0.15) is 0 Å². The first-order chi connectivity index (χ1) is 12.7. The number of nitrogens with one attached hydrogen (secondary N) is 1. The third-order valence-electron chi connectivity index (χ3n) is 4.36. The van der Waals surface area contributed by atoms with Crippen LogP contribution in [0.25, 0.3) is 11.0 Å². The Morgan fingerprint density at radius 1 is 1.26 bits per heavy atom. The summed E-state index contributed by atoms with van der Waals surface area (Å²) in [4.78, 5) is 22.6. The summed E-state index contributed by atoms with van der Waals surface area (Å²) in [6, 6.07) is 2.01. The van der Waals surface area contributed by atoms with Gasteiger partial charge in [0.25, 0.3) is 0 Å². The van der Waals surface area contributed by atoms with Crippen molar-refractivity contribution in [1.29, 1.82) is 0 Å². The summed E-state index contributed by atoms with van der Waals surface area (Å²) >= 11 is 0. The lowest BCUT2D eigenvalue weighted by atomic mass is 10.0. The number of carbonyl (C=O) groups is 1. The van der Waals surface area contributed by atoms with Crippen LogP contribution in [0.1, 0.15) is 40.0 Å². The molecule has 2 heterocycles. The number of carbonyl (C=O) groups excluding carboxylic acids is 1. The fourth-order valence-corrected chi connectivity index (χ4v) is 3.09. The van der Waals surface area contributed by atoms with Crippen LogP contribution in [0.4, 0.5) is 19.4 Å². The second-order valence-corrected chi connectivity index (χ2v) is 7.71. The zero-order valence-corrected chi connectivity index (χ0v) is 15.8. The van der Waals surface area contributed by atoms with E-state index in [1.165, 1.54) is 6.20 Å². The van der Waals surface area contributed by atoms with E-state index < -0.39 is 17.2 Å². The molecule has 1 aromatic heterocycles. The quantitative estimate of drug-likeness (QED) is 0.871. The van der Waals surface area contributed by atoms with Crippen molar-refractivity contribution in [3.63, 3.8) is 0 Å². The van der Waals surface area contributed by atoms with Crippen LogP contribution < -0.4 is 5.32 Å². The maximum Gasteiger partial charge on any atom is 0.410 e. The second-order valence-electron chi connectivity index (χ2n) is 7.71. The van der Waals surface area contributed by atoms with Crippen LogP contribution in [0, 0.1) is 11.6 Å². The summed E-state index contributed by atoms with van der Waals surface area (Å²) in [5.41, 5.74) is 0.00871. The molecular formula is C19H24F2N4O2. The molecule has 0 spiro atoms. The summed E-state index contributed by atoms with van der Waals surface area (Å²) in [5, 5.41) is 3.15. The van der Waals surface area contributed by atoms with Gasteiger partial charge in [-0.15, -0.1) is 0 Å². The van der Waals surface area contributed by atoms with Crippen molar-refractivity contribution in [3.8, 4) is 0 Å². The van der Waals surface area contributed by atoms with E-state index in [0.717, 1.165) is 31.4 Å². The molecule has 3 rings (SSSR count). The molecule has 0 aliphatic carbocycles. The molecule has 0 radical (unpaired) electrons. The Bertz CT molecular complexity index is 838. The first-order valence-corrected chi connectivity index (χ1v) is 9.08. The molecule has 1 N–H and O–H groups in total. The number of piperidine rings is 1. The van der Waals surface area contributed by atoms with E-state index in [4.69, 9.17) is 4.74 Å². The van der Waals surface area contributed by atoms with Crippen LogP contribution in [-0.4, -0.2) is 45.7 Å². The molecule has 0 saturated carbocycles. The number of anilines is 1. The van der Waals surface area contributed by atoms with Crippen LogP contribution in [0.2, 0.25) is 0 Å². The Labute approximate surface area is 156 Å². The molecular weight excluding hydrogens is 354 g/mol. The van der Waals surface area contributed by atoms with Gasteiger partial charge in [0.15, 0.2) is 11.6 Å². The van der Waals surface area contributed by atoms with Crippen molar-refractivity contribution in [2.75, 3.05) is 18.4 Å². The van der Waals surface area contributed by atoms with Gasteiger partial charge in [-0.05, 0) is 40.0 Å². The third-order valence-corrected chi connectivity index (χ3v) is 4.36. The van der Waals surface area contributed by atoms with E-state index >= 15 is 0 Å². The zero-order chi connectivity index (χ0) is 19.6. The van der Waals surface area contributed by atoms with E-state index in [1.54, 1.807) is 4.90 Å². The van der Waals surface area contributed by atoms with Gasteiger partial charge in [0.1, 0.15) is 11.4 Å². The van der Waals surface area contributed by atoms with Gasteiger partial charge in [-0.25, -0.2) is 18.6 Å². The van der Waals surface area contributed by atoms with Crippen LogP contribution in [0.15, 0.2) is 18.3 Å². The van der Waals surface area contributed by atoms with Crippen LogP contribution >= 0.6 is 0 Å². The molecule has 1 atom stereocenters. The molecule has 0 bridgehead atoms. The van der Waals surface area contributed by atoms with Gasteiger partial charge < -0.3 is 15.0 Å². The van der Waals surface area contributed by atoms with Gasteiger partial charge in [0.2, 0.25) is 0 Å². The minimum absolute atomic E-state index is 0.0314. The van der Waals surface area contributed by atoms with E-state index in [2.05, 4.69) is 15.3 Å². The normalized spacial score (nSPS) is 17.8. The van der Waals surface area contributed by atoms with Crippen molar-refractivity contribution in [3.05, 3.63) is 30.0 Å². The largest absolute Gasteiger partial charge is 0.444 e. The molecule has 27 heavy (non-hydrogen) atoms. The van der Waals surface area contributed by atoms with Crippen molar-refractivity contribution < 1.29 is 18.3 Å². The molecule has 1 aliphatic heterocycles. The first kappa shape index (κ1) is 19.3. The van der Waals surface area contributed by atoms with E-state index in [1.807, 2.05) is 20.8 Å². The lowest BCUT2D eigenvalue weighted by molar-refractivity contribution is 0.0114. The molecule has 1 unspecified atom stereocenters. The molecule has 146 valence electrons. The standard InChI is InChI=1S/C19H24F2N4O2/c1-19(2,3)27-18(26)25-7-5-4-6-12(25)10-23-17-11-22-15-8-13(20)14(21)9-16(15)24-17/h8-9,11-12H,4-7,10H2,1-3H3,(H,23,24). The zero-order valence-electron chi connectivity index (χ0n) is 15.8. The average Bonchev–Trinajstić information content (AvgIpc) is 2.60. The van der Waals surface area contributed by atoms with Crippen molar-refractivity contribution in [2.24, 2.45) is 0 Å². The maximum atomic E-state index is 13.4. The second kappa shape index (κ2) is 7.62. The van der Waals surface area contributed by atoms with Gasteiger partial charge in [0.05, 0.1) is 23.3 Å². The first-order valence-electron chi connectivity index (χ1n) is 9.08. The predicted molar refractivity (Wildman–Crippen MR) is 98.5 cm³/mol. The highest BCUT2D eigenvalue weighted by Gasteiger charge is 2.30. The molecule has 1 aromatic carbocycles. The van der Waals surface area contributed by atoms with Gasteiger partial charge in [-0.1, -0.05) is 0 Å². The number of fused-ring (bicyclic) bond motifs is 1. The van der Waals surface area contributed by atoms with E-state index in [9.17, 15) is 13.6 Å². The van der Waals surface area contributed by atoms with E-state index in [-0.39, 0.29) is 23.2 Å². The minimum Gasteiger partial charge on any atom is -0.444 e. The fraction of sp³-hybridized carbons (Fsp3) is 0.526. The number of benzene rings is 1. The predicted octanol–water partition coefficient (Wildman–Crippen LogP) is 4.11. The Kier molecular flexibility index (Phi) is 5.43.